The molecule has 138 valence electrons. The van der Waals surface area contributed by atoms with Gasteiger partial charge in [-0.2, -0.15) is 5.10 Å². The molecule has 1 aromatic heterocycles. The van der Waals surface area contributed by atoms with Crippen molar-refractivity contribution in [3.05, 3.63) is 11.6 Å². The summed E-state index contributed by atoms with van der Waals surface area (Å²) in [6.45, 7) is 8.24. The van der Waals surface area contributed by atoms with Crippen LogP contribution in [0.3, 0.4) is 0 Å². The predicted molar refractivity (Wildman–Crippen MR) is 90.7 cm³/mol. The number of likely N-dealkylation sites (tertiary alicyclic amines) is 1. The van der Waals surface area contributed by atoms with Crippen LogP contribution in [-0.2, 0) is 19.7 Å². The molecule has 1 N–H and O–H groups in total. The summed E-state index contributed by atoms with van der Waals surface area (Å²) in [5.41, 5.74) is -0.145. The first-order valence-electron chi connectivity index (χ1n) is 8.83. The normalized spacial score (nSPS) is 25.4. The smallest absolute Gasteiger partial charge is 0.226 e. The molecule has 8 heteroatoms. The summed E-state index contributed by atoms with van der Waals surface area (Å²) >= 11 is 0. The van der Waals surface area contributed by atoms with E-state index in [0.717, 1.165) is 12.2 Å². The molecule has 2 aliphatic heterocycles. The maximum Gasteiger partial charge on any atom is 0.226 e. The van der Waals surface area contributed by atoms with E-state index in [4.69, 9.17) is 4.74 Å². The van der Waals surface area contributed by atoms with Gasteiger partial charge in [-0.25, -0.2) is 4.98 Å². The lowest BCUT2D eigenvalue weighted by atomic mass is 9.94. The standard InChI is InChI=1S/C17H27N5O3/c1-17(2,3)16-18-14(19-20-16)12-10-22(7-8-25-12)15(24)11-5-6-21(4)13(23)9-11/h11-12H,5-10H2,1-4H3,(H,18,19,20)/t11-,12+/m1/s1. The number of morpholine rings is 1. The summed E-state index contributed by atoms with van der Waals surface area (Å²) in [7, 11) is 1.78. The monoisotopic (exact) mass is 349 g/mol. The van der Waals surface area contributed by atoms with E-state index in [1.54, 1.807) is 16.8 Å². The molecule has 8 nitrogen and oxygen atoms in total. The molecule has 3 heterocycles. The third kappa shape index (κ3) is 3.84. The number of piperidine rings is 1. The van der Waals surface area contributed by atoms with Crippen LogP contribution >= 0.6 is 0 Å². The predicted octanol–water partition coefficient (Wildman–Crippen LogP) is 0.871. The summed E-state index contributed by atoms with van der Waals surface area (Å²) in [6.07, 6.45) is 0.719. The SMILES string of the molecule is CN1CC[C@@H](C(=O)N2CCO[C@H](c3nc(C(C)(C)C)n[nH]3)C2)CC1=O. The zero-order chi connectivity index (χ0) is 18.2. The minimum Gasteiger partial charge on any atom is -0.367 e. The fourth-order valence-electron chi connectivity index (χ4n) is 3.18. The molecule has 0 aromatic carbocycles. The molecule has 2 saturated heterocycles. The topological polar surface area (TPSA) is 91.4 Å². The number of carbonyl (C=O) groups excluding carboxylic acids is 2. The Morgan fingerprint density at radius 2 is 2.08 bits per heavy atom. The number of carbonyl (C=O) groups is 2. The van der Waals surface area contributed by atoms with Gasteiger partial charge >= 0.3 is 0 Å². The maximum atomic E-state index is 12.8. The third-order valence-corrected chi connectivity index (χ3v) is 4.87. The number of hydrogen-bond donors (Lipinski definition) is 1. The molecule has 2 aliphatic rings. The first-order chi connectivity index (χ1) is 11.8. The lowest BCUT2D eigenvalue weighted by molar-refractivity contribution is -0.149. The summed E-state index contributed by atoms with van der Waals surface area (Å²) in [5, 5.41) is 7.22. The second-order valence-electron chi connectivity index (χ2n) is 7.94. The van der Waals surface area contributed by atoms with Crippen molar-refractivity contribution in [1.82, 2.24) is 25.0 Å². The Bertz CT molecular complexity index is 651. The van der Waals surface area contributed by atoms with E-state index < -0.39 is 0 Å². The molecule has 2 fully saturated rings. The quantitative estimate of drug-likeness (QED) is 0.855. The van der Waals surface area contributed by atoms with Gasteiger partial charge in [0.25, 0.3) is 0 Å². The van der Waals surface area contributed by atoms with Crippen LogP contribution in [0.2, 0.25) is 0 Å². The van der Waals surface area contributed by atoms with Crippen LogP contribution in [0.4, 0.5) is 0 Å². The fourth-order valence-corrected chi connectivity index (χ4v) is 3.18. The van der Waals surface area contributed by atoms with E-state index >= 15 is 0 Å². The molecule has 2 atom stereocenters. The van der Waals surface area contributed by atoms with Gasteiger partial charge in [0.15, 0.2) is 11.6 Å². The van der Waals surface area contributed by atoms with Crippen LogP contribution in [-0.4, -0.2) is 70.1 Å². The van der Waals surface area contributed by atoms with Gasteiger partial charge in [-0.1, -0.05) is 20.8 Å². The van der Waals surface area contributed by atoms with Crippen molar-refractivity contribution in [2.24, 2.45) is 5.92 Å². The van der Waals surface area contributed by atoms with E-state index in [1.165, 1.54) is 0 Å². The van der Waals surface area contributed by atoms with Gasteiger partial charge in [0.2, 0.25) is 11.8 Å². The highest BCUT2D eigenvalue weighted by atomic mass is 16.5. The molecular formula is C17H27N5O3. The van der Waals surface area contributed by atoms with Crippen molar-refractivity contribution in [1.29, 1.82) is 0 Å². The van der Waals surface area contributed by atoms with E-state index in [1.807, 2.05) is 0 Å². The number of hydrogen-bond acceptors (Lipinski definition) is 5. The second kappa shape index (κ2) is 6.74. The van der Waals surface area contributed by atoms with Crippen molar-refractivity contribution in [2.75, 3.05) is 33.3 Å². The Morgan fingerprint density at radius 3 is 2.72 bits per heavy atom. The molecule has 0 bridgehead atoms. The lowest BCUT2D eigenvalue weighted by Gasteiger charge is -2.36. The number of ether oxygens (including phenoxy) is 1. The number of aromatic nitrogens is 3. The van der Waals surface area contributed by atoms with E-state index in [-0.39, 0.29) is 29.3 Å². The van der Waals surface area contributed by atoms with Crippen LogP contribution in [0.1, 0.15) is 51.4 Å². The summed E-state index contributed by atoms with van der Waals surface area (Å²) < 4.78 is 5.79. The van der Waals surface area contributed by atoms with Gasteiger partial charge in [-0.15, -0.1) is 0 Å². The highest BCUT2D eigenvalue weighted by Crippen LogP contribution is 2.26. The molecule has 0 radical (unpaired) electrons. The highest BCUT2D eigenvalue weighted by molar-refractivity contribution is 5.87. The van der Waals surface area contributed by atoms with Crippen molar-refractivity contribution in [3.8, 4) is 0 Å². The van der Waals surface area contributed by atoms with Gasteiger partial charge in [0, 0.05) is 37.9 Å². The summed E-state index contributed by atoms with van der Waals surface area (Å²) in [5.74, 6) is 1.25. The van der Waals surface area contributed by atoms with E-state index in [9.17, 15) is 9.59 Å². The van der Waals surface area contributed by atoms with Crippen LogP contribution < -0.4 is 0 Å². The average Bonchev–Trinajstić information content (AvgIpc) is 3.07. The lowest BCUT2D eigenvalue weighted by Crippen LogP contribution is -2.48. The van der Waals surface area contributed by atoms with Gasteiger partial charge < -0.3 is 14.5 Å². The Labute approximate surface area is 147 Å². The van der Waals surface area contributed by atoms with E-state index in [2.05, 4.69) is 36.0 Å². The molecule has 1 aromatic rings. The number of rotatable bonds is 2. The molecule has 0 unspecified atom stereocenters. The number of amides is 2. The first-order valence-corrected chi connectivity index (χ1v) is 8.83. The van der Waals surface area contributed by atoms with Crippen molar-refractivity contribution in [3.63, 3.8) is 0 Å². The van der Waals surface area contributed by atoms with Crippen molar-refractivity contribution < 1.29 is 14.3 Å². The van der Waals surface area contributed by atoms with Gasteiger partial charge in [-0.3, -0.25) is 14.7 Å². The zero-order valence-corrected chi connectivity index (χ0v) is 15.4. The largest absolute Gasteiger partial charge is 0.367 e. The number of aromatic amines is 1. The Balaban J connectivity index is 1.66. The Morgan fingerprint density at radius 1 is 1.32 bits per heavy atom. The highest BCUT2D eigenvalue weighted by Gasteiger charge is 2.35. The third-order valence-electron chi connectivity index (χ3n) is 4.87. The maximum absolute atomic E-state index is 12.8. The van der Waals surface area contributed by atoms with Crippen LogP contribution in [0, 0.1) is 5.92 Å². The van der Waals surface area contributed by atoms with Crippen molar-refractivity contribution in [2.45, 2.75) is 45.1 Å². The molecule has 2 amide bonds. The zero-order valence-electron chi connectivity index (χ0n) is 15.4. The molecule has 0 aliphatic carbocycles. The van der Waals surface area contributed by atoms with Gasteiger partial charge in [0.1, 0.15) is 6.10 Å². The minimum absolute atomic E-state index is 0.0412. The molecule has 3 rings (SSSR count). The average molecular weight is 349 g/mol. The number of H-pyrrole nitrogens is 1. The number of nitrogens with zero attached hydrogens (tertiary/aromatic N) is 4. The Hall–Kier alpha value is -1.96. The number of nitrogens with one attached hydrogen (secondary N) is 1. The van der Waals surface area contributed by atoms with Crippen LogP contribution in [0.5, 0.6) is 0 Å². The second-order valence-corrected chi connectivity index (χ2v) is 7.94. The Kier molecular flexibility index (Phi) is 4.81. The van der Waals surface area contributed by atoms with Gasteiger partial charge in [-0.05, 0) is 6.42 Å². The van der Waals surface area contributed by atoms with Crippen LogP contribution in [0.15, 0.2) is 0 Å². The van der Waals surface area contributed by atoms with E-state index in [0.29, 0.717) is 38.5 Å². The molecule has 25 heavy (non-hydrogen) atoms. The fraction of sp³-hybridized carbons (Fsp3) is 0.765. The molecular weight excluding hydrogens is 322 g/mol. The van der Waals surface area contributed by atoms with Gasteiger partial charge in [0.05, 0.1) is 13.2 Å². The van der Waals surface area contributed by atoms with Crippen molar-refractivity contribution >= 4 is 11.8 Å². The first kappa shape index (κ1) is 17.8. The summed E-state index contributed by atoms with van der Waals surface area (Å²) in [6, 6.07) is 0. The molecule has 0 spiro atoms. The summed E-state index contributed by atoms with van der Waals surface area (Å²) in [4.78, 5) is 32.7. The van der Waals surface area contributed by atoms with Crippen LogP contribution in [0.25, 0.3) is 0 Å². The molecule has 0 saturated carbocycles. The minimum atomic E-state index is -0.303.